The van der Waals surface area contributed by atoms with Gasteiger partial charge in [-0.2, -0.15) is 9.82 Å². The molecular weight excluding hydrogens is 262 g/mol. The number of aliphatic hydroxyl groups is 1. The van der Waals surface area contributed by atoms with Crippen LogP contribution in [0, 0.1) is 13.8 Å². The first-order valence-electron chi connectivity index (χ1n) is 5.06. The number of carbonyl (C=O) groups excluding carboxylic acids is 1. The number of carbonyl (C=O) groups is 1. The second-order valence-electron chi connectivity index (χ2n) is 3.64. The highest BCUT2D eigenvalue weighted by molar-refractivity contribution is 7.89. The quantitative estimate of drug-likeness (QED) is 0.584. The van der Waals surface area contributed by atoms with Crippen molar-refractivity contribution in [3.63, 3.8) is 0 Å². The van der Waals surface area contributed by atoms with E-state index in [4.69, 9.17) is 5.11 Å². The molecule has 9 heteroatoms. The van der Waals surface area contributed by atoms with E-state index in [1.807, 2.05) is 0 Å². The average molecular weight is 277 g/mol. The van der Waals surface area contributed by atoms with Gasteiger partial charge in [0.15, 0.2) is 0 Å². The fourth-order valence-electron chi connectivity index (χ4n) is 1.48. The van der Waals surface area contributed by atoms with Crippen LogP contribution >= 0.6 is 0 Å². The molecule has 1 aromatic heterocycles. The minimum atomic E-state index is -3.95. The number of hydrogen-bond donors (Lipinski definition) is 3. The van der Waals surface area contributed by atoms with Crippen molar-refractivity contribution in [2.24, 2.45) is 0 Å². The highest BCUT2D eigenvalue weighted by atomic mass is 32.2. The molecule has 0 unspecified atom stereocenters. The van der Waals surface area contributed by atoms with Gasteiger partial charge in [-0.25, -0.2) is 8.42 Å². The lowest BCUT2D eigenvalue weighted by atomic mass is 10.3. The van der Waals surface area contributed by atoms with E-state index in [1.165, 1.54) is 6.92 Å². The monoisotopic (exact) mass is 277 g/mol. The number of nitrogens with one attached hydrogen (secondary N) is 2. The van der Waals surface area contributed by atoms with Crippen molar-refractivity contribution >= 4 is 16.0 Å². The number of aliphatic hydroxyl groups excluding tert-OH is 1. The van der Waals surface area contributed by atoms with Crippen LogP contribution in [0.1, 0.15) is 11.4 Å². The maximum absolute atomic E-state index is 12.0. The molecule has 0 spiro atoms. The van der Waals surface area contributed by atoms with Gasteiger partial charge in [-0.05, 0) is 13.8 Å². The first kappa shape index (κ1) is 14.6. The lowest BCUT2D eigenvalue weighted by molar-refractivity contribution is -0.143. The zero-order chi connectivity index (χ0) is 13.9. The lowest BCUT2D eigenvalue weighted by Crippen LogP contribution is -2.44. The molecule has 0 aliphatic carbocycles. The molecule has 1 rings (SSSR count). The zero-order valence-electron chi connectivity index (χ0n) is 10.2. The number of H-pyrrole nitrogens is 1. The zero-order valence-corrected chi connectivity index (χ0v) is 11.0. The van der Waals surface area contributed by atoms with Crippen LogP contribution in [0.4, 0.5) is 0 Å². The summed E-state index contributed by atoms with van der Waals surface area (Å²) in [5, 5.41) is 15.3. The van der Waals surface area contributed by atoms with Crippen molar-refractivity contribution in [3.8, 4) is 0 Å². The summed E-state index contributed by atoms with van der Waals surface area (Å²) < 4.78 is 30.5. The maximum Gasteiger partial charge on any atom is 0.326 e. The second kappa shape index (κ2) is 5.46. The molecular formula is C9H15N3O5S. The Balaban J connectivity index is 3.05. The molecule has 0 radical (unpaired) electrons. The molecule has 18 heavy (non-hydrogen) atoms. The van der Waals surface area contributed by atoms with Crippen LogP contribution < -0.4 is 4.72 Å². The Bertz CT molecular complexity index is 517. The summed E-state index contributed by atoms with van der Waals surface area (Å²) >= 11 is 0. The largest absolute Gasteiger partial charge is 0.468 e. The van der Waals surface area contributed by atoms with Gasteiger partial charge < -0.3 is 9.84 Å². The Hall–Kier alpha value is -1.45. The maximum atomic E-state index is 12.0. The number of rotatable bonds is 5. The van der Waals surface area contributed by atoms with Crippen molar-refractivity contribution in [1.82, 2.24) is 14.9 Å². The van der Waals surface area contributed by atoms with E-state index in [0.717, 1.165) is 7.11 Å². The Morgan fingerprint density at radius 3 is 2.56 bits per heavy atom. The van der Waals surface area contributed by atoms with E-state index in [0.29, 0.717) is 5.69 Å². The van der Waals surface area contributed by atoms with Crippen LogP contribution in [0.25, 0.3) is 0 Å². The van der Waals surface area contributed by atoms with E-state index >= 15 is 0 Å². The lowest BCUT2D eigenvalue weighted by Gasteiger charge is -2.14. The van der Waals surface area contributed by atoms with Crippen molar-refractivity contribution in [3.05, 3.63) is 11.4 Å². The standard InChI is InChI=1S/C9H15N3O5S/c1-5-8(6(2)11-10-5)18(15,16)12-7(4-13)9(14)17-3/h7,12-13H,4H2,1-3H3,(H,10,11)/t7-/m0/s1. The van der Waals surface area contributed by atoms with E-state index in [1.54, 1.807) is 6.92 Å². The van der Waals surface area contributed by atoms with E-state index in [9.17, 15) is 13.2 Å². The molecule has 3 N–H and O–H groups in total. The highest BCUT2D eigenvalue weighted by Crippen LogP contribution is 2.16. The summed E-state index contributed by atoms with van der Waals surface area (Å²) in [4.78, 5) is 11.2. The summed E-state index contributed by atoms with van der Waals surface area (Å²) in [6.07, 6.45) is 0. The molecule has 1 atom stereocenters. The van der Waals surface area contributed by atoms with E-state index in [2.05, 4.69) is 19.7 Å². The summed E-state index contributed by atoms with van der Waals surface area (Å²) in [6.45, 7) is 2.37. The van der Waals surface area contributed by atoms with Crippen LogP contribution in [-0.4, -0.2) is 49.4 Å². The topological polar surface area (TPSA) is 121 Å². The van der Waals surface area contributed by atoms with Gasteiger partial charge in [-0.3, -0.25) is 9.89 Å². The summed E-state index contributed by atoms with van der Waals surface area (Å²) in [5.74, 6) is -0.861. The fourth-order valence-corrected chi connectivity index (χ4v) is 3.03. The Morgan fingerprint density at radius 2 is 2.17 bits per heavy atom. The van der Waals surface area contributed by atoms with Crippen LogP contribution in [0.2, 0.25) is 0 Å². The molecule has 1 heterocycles. The molecule has 0 saturated carbocycles. The second-order valence-corrected chi connectivity index (χ2v) is 5.29. The van der Waals surface area contributed by atoms with Crippen molar-refractivity contribution in [2.75, 3.05) is 13.7 Å². The van der Waals surface area contributed by atoms with Gasteiger partial charge in [0, 0.05) is 0 Å². The predicted octanol–water partition coefficient (Wildman–Crippen LogP) is -1.16. The highest BCUT2D eigenvalue weighted by Gasteiger charge is 2.29. The van der Waals surface area contributed by atoms with Gasteiger partial charge >= 0.3 is 5.97 Å². The first-order valence-corrected chi connectivity index (χ1v) is 6.54. The van der Waals surface area contributed by atoms with Gasteiger partial charge in [-0.15, -0.1) is 0 Å². The van der Waals surface area contributed by atoms with Crippen LogP contribution in [-0.2, 0) is 19.6 Å². The molecule has 8 nitrogen and oxygen atoms in total. The summed E-state index contributed by atoms with van der Waals surface area (Å²) in [5.41, 5.74) is 0.628. The van der Waals surface area contributed by atoms with Crippen LogP contribution in [0.5, 0.6) is 0 Å². The average Bonchev–Trinajstić information content (AvgIpc) is 2.65. The molecule has 0 aliphatic rings. The third kappa shape index (κ3) is 2.86. The number of hydrogen-bond acceptors (Lipinski definition) is 6. The number of aromatic nitrogens is 2. The molecule has 1 aromatic rings. The number of aryl methyl sites for hydroxylation is 2. The Morgan fingerprint density at radius 1 is 1.56 bits per heavy atom. The van der Waals surface area contributed by atoms with E-state index < -0.39 is 28.6 Å². The smallest absolute Gasteiger partial charge is 0.326 e. The number of methoxy groups -OCH3 is 1. The summed E-state index contributed by atoms with van der Waals surface area (Å²) in [7, 11) is -2.84. The molecule has 102 valence electrons. The minimum Gasteiger partial charge on any atom is -0.468 e. The number of ether oxygens (including phenoxy) is 1. The fraction of sp³-hybridized carbons (Fsp3) is 0.556. The van der Waals surface area contributed by atoms with Crippen LogP contribution in [0.3, 0.4) is 0 Å². The number of esters is 1. The summed E-state index contributed by atoms with van der Waals surface area (Å²) in [6, 6.07) is -1.34. The third-order valence-electron chi connectivity index (χ3n) is 2.29. The number of aromatic amines is 1. The van der Waals surface area contributed by atoms with Gasteiger partial charge in [-0.1, -0.05) is 0 Å². The van der Waals surface area contributed by atoms with Gasteiger partial charge in [0.2, 0.25) is 10.0 Å². The SMILES string of the molecule is COC(=O)[C@H](CO)NS(=O)(=O)c1c(C)n[nH]c1C. The number of nitrogens with zero attached hydrogens (tertiary/aromatic N) is 1. The predicted molar refractivity (Wildman–Crippen MR) is 61.3 cm³/mol. The third-order valence-corrected chi connectivity index (χ3v) is 4.03. The Kier molecular flexibility index (Phi) is 4.43. The van der Waals surface area contributed by atoms with E-state index in [-0.39, 0.29) is 10.6 Å². The molecule has 0 aliphatic heterocycles. The molecule has 0 fully saturated rings. The van der Waals surface area contributed by atoms with Gasteiger partial charge in [0.25, 0.3) is 0 Å². The van der Waals surface area contributed by atoms with Crippen molar-refractivity contribution in [1.29, 1.82) is 0 Å². The molecule has 0 amide bonds. The van der Waals surface area contributed by atoms with Gasteiger partial charge in [0.05, 0.1) is 25.1 Å². The van der Waals surface area contributed by atoms with Crippen molar-refractivity contribution in [2.45, 2.75) is 24.8 Å². The number of sulfonamides is 1. The van der Waals surface area contributed by atoms with Gasteiger partial charge in [0.1, 0.15) is 10.9 Å². The normalized spacial score (nSPS) is 13.3. The minimum absolute atomic E-state index is 0.0372. The molecule has 0 saturated heterocycles. The first-order chi connectivity index (χ1) is 8.33. The molecule has 0 aromatic carbocycles. The van der Waals surface area contributed by atoms with Crippen molar-refractivity contribution < 1.29 is 23.1 Å². The van der Waals surface area contributed by atoms with Crippen LogP contribution in [0.15, 0.2) is 4.90 Å². The Labute approximate surface area is 104 Å². The molecule has 0 bridgehead atoms.